The topological polar surface area (TPSA) is 157 Å². The van der Waals surface area contributed by atoms with Crippen molar-refractivity contribution in [2.75, 3.05) is 79.0 Å². The minimum Gasteiger partial charge on any atom is -0.378 e. The molecule has 0 saturated carbocycles. The first-order chi connectivity index (χ1) is 17.6. The number of hydrogen-bond donors (Lipinski definition) is 3. The number of nitrogens with two attached hydrogens (primary N) is 1. The van der Waals surface area contributed by atoms with E-state index in [2.05, 4.69) is 35.8 Å². The van der Waals surface area contributed by atoms with E-state index in [-0.39, 0.29) is 0 Å². The molecule has 2 aliphatic heterocycles. The molecule has 190 valence electrons. The number of benzene rings is 1. The maximum Gasteiger partial charge on any atom is 0.263 e. The van der Waals surface area contributed by atoms with E-state index in [4.69, 9.17) is 30.3 Å². The summed E-state index contributed by atoms with van der Waals surface area (Å²) in [5.74, 6) is 8.59. The summed E-state index contributed by atoms with van der Waals surface area (Å²) in [5, 5.41) is 15.5. The molecule has 14 nitrogen and oxygen atoms in total. The average molecular weight is 495 g/mol. The minimum absolute atomic E-state index is 0.368. The quantitative estimate of drug-likeness (QED) is 0.241. The van der Waals surface area contributed by atoms with Gasteiger partial charge in [-0.3, -0.25) is 0 Å². The molecule has 0 spiro atoms. The second-order valence-electron chi connectivity index (χ2n) is 8.41. The zero-order valence-electron chi connectivity index (χ0n) is 20.4. The summed E-state index contributed by atoms with van der Waals surface area (Å²) in [7, 11) is 0. The number of nitrogens with zero attached hydrogens (tertiary/aromatic N) is 9. The van der Waals surface area contributed by atoms with Crippen LogP contribution in [0.5, 0.6) is 0 Å². The van der Waals surface area contributed by atoms with Crippen molar-refractivity contribution in [2.45, 2.75) is 13.8 Å². The van der Waals surface area contributed by atoms with Crippen LogP contribution < -0.4 is 26.4 Å². The number of nitrogens with one attached hydrogen (secondary N) is 2. The smallest absolute Gasteiger partial charge is 0.263 e. The first kappa shape index (κ1) is 23.7. The summed E-state index contributed by atoms with van der Waals surface area (Å²) < 4.78 is 12.3. The lowest BCUT2D eigenvalue weighted by Crippen LogP contribution is -2.40. The van der Waals surface area contributed by atoms with Gasteiger partial charge in [0.05, 0.1) is 32.1 Å². The van der Waals surface area contributed by atoms with Crippen molar-refractivity contribution in [3.63, 3.8) is 0 Å². The monoisotopic (exact) mass is 494 g/mol. The predicted molar refractivity (Wildman–Crippen MR) is 136 cm³/mol. The standard InChI is InChI=1S/C22H30N12O2/c1-15(28-30-22-31-29-16(2)34(22)23)17-3-5-18(6-4-17)24-19-25-20(32-7-11-35-12-8-32)27-21(26-19)33-9-13-36-14-10-33/h3-6H,7-14,23H2,1-2H3,(H,30,31)(H,24,25,26,27)/b28-15+. The number of aryl methyl sites for hydroxylation is 1. The van der Waals surface area contributed by atoms with E-state index in [1.54, 1.807) is 6.92 Å². The van der Waals surface area contributed by atoms with Gasteiger partial charge in [-0.15, -0.1) is 10.2 Å². The lowest BCUT2D eigenvalue weighted by molar-refractivity contribution is 0.121. The zero-order valence-corrected chi connectivity index (χ0v) is 20.4. The third-order valence-electron chi connectivity index (χ3n) is 5.95. The maximum absolute atomic E-state index is 5.85. The van der Waals surface area contributed by atoms with Gasteiger partial charge >= 0.3 is 0 Å². The molecule has 0 atom stereocenters. The average Bonchev–Trinajstić information content (AvgIpc) is 3.25. The Bertz CT molecular complexity index is 1160. The molecular weight excluding hydrogens is 464 g/mol. The van der Waals surface area contributed by atoms with Crippen molar-refractivity contribution in [3.05, 3.63) is 35.7 Å². The van der Waals surface area contributed by atoms with Crippen LogP contribution in [0.4, 0.5) is 29.5 Å². The van der Waals surface area contributed by atoms with Gasteiger partial charge in [-0.25, -0.2) is 10.1 Å². The zero-order chi connectivity index (χ0) is 24.9. The van der Waals surface area contributed by atoms with Gasteiger partial charge in [0.2, 0.25) is 17.8 Å². The Kier molecular flexibility index (Phi) is 7.04. The molecule has 2 fully saturated rings. The van der Waals surface area contributed by atoms with Crippen LogP contribution >= 0.6 is 0 Å². The number of anilines is 5. The number of morpholine rings is 2. The van der Waals surface area contributed by atoms with Crippen LogP contribution in [0.25, 0.3) is 0 Å². The van der Waals surface area contributed by atoms with Crippen LogP contribution in [0.1, 0.15) is 18.3 Å². The number of hydrogen-bond acceptors (Lipinski definition) is 13. The van der Waals surface area contributed by atoms with Crippen LogP contribution in [-0.4, -0.2) is 88.1 Å². The summed E-state index contributed by atoms with van der Waals surface area (Å²) in [6.07, 6.45) is 0. The molecule has 36 heavy (non-hydrogen) atoms. The van der Waals surface area contributed by atoms with E-state index in [0.717, 1.165) is 43.1 Å². The van der Waals surface area contributed by atoms with E-state index < -0.39 is 0 Å². The number of hydrazone groups is 1. The number of ether oxygens (including phenoxy) is 2. The lowest BCUT2D eigenvalue weighted by Gasteiger charge is -2.30. The molecule has 2 aromatic heterocycles. The van der Waals surface area contributed by atoms with Gasteiger partial charge in [0.25, 0.3) is 5.95 Å². The largest absolute Gasteiger partial charge is 0.378 e. The van der Waals surface area contributed by atoms with Crippen molar-refractivity contribution in [3.8, 4) is 0 Å². The fraction of sp³-hybridized carbons (Fsp3) is 0.455. The Morgan fingerprint density at radius 2 is 1.47 bits per heavy atom. The highest BCUT2D eigenvalue weighted by atomic mass is 16.5. The van der Waals surface area contributed by atoms with E-state index in [0.29, 0.717) is 56.0 Å². The van der Waals surface area contributed by atoms with Gasteiger partial charge in [-0.05, 0) is 31.5 Å². The molecule has 5 rings (SSSR count). The Hall–Kier alpha value is -4.04. The predicted octanol–water partition coefficient (Wildman–Crippen LogP) is 0.738. The van der Waals surface area contributed by atoms with Crippen LogP contribution in [0.15, 0.2) is 29.4 Å². The minimum atomic E-state index is 0.368. The van der Waals surface area contributed by atoms with Crippen LogP contribution in [0.3, 0.4) is 0 Å². The number of rotatable bonds is 7. The van der Waals surface area contributed by atoms with E-state index in [1.165, 1.54) is 4.68 Å². The van der Waals surface area contributed by atoms with Crippen molar-refractivity contribution in [2.24, 2.45) is 5.10 Å². The highest BCUT2D eigenvalue weighted by molar-refractivity contribution is 5.99. The second-order valence-corrected chi connectivity index (χ2v) is 8.41. The van der Waals surface area contributed by atoms with E-state index >= 15 is 0 Å². The fourth-order valence-electron chi connectivity index (χ4n) is 3.79. The Morgan fingerprint density at radius 3 is 2.00 bits per heavy atom. The second kappa shape index (κ2) is 10.7. The third kappa shape index (κ3) is 5.44. The van der Waals surface area contributed by atoms with Gasteiger partial charge < -0.3 is 30.4 Å². The molecule has 2 saturated heterocycles. The molecule has 0 unspecified atom stereocenters. The van der Waals surface area contributed by atoms with Crippen molar-refractivity contribution < 1.29 is 9.47 Å². The SMILES string of the molecule is C/C(=N\Nc1nnc(C)n1N)c1ccc(Nc2nc(N3CCOCC3)nc(N3CCOCC3)n2)cc1. The summed E-state index contributed by atoms with van der Waals surface area (Å²) in [5.41, 5.74) is 5.40. The summed E-state index contributed by atoms with van der Waals surface area (Å²) >= 11 is 0. The summed E-state index contributed by atoms with van der Waals surface area (Å²) in [6.45, 7) is 9.25. The molecule has 4 N–H and O–H groups in total. The highest BCUT2D eigenvalue weighted by Crippen LogP contribution is 2.21. The summed E-state index contributed by atoms with van der Waals surface area (Å²) in [4.78, 5) is 18.4. The summed E-state index contributed by atoms with van der Waals surface area (Å²) in [6, 6.07) is 7.84. The van der Waals surface area contributed by atoms with Crippen LogP contribution in [-0.2, 0) is 9.47 Å². The van der Waals surface area contributed by atoms with Crippen LogP contribution in [0.2, 0.25) is 0 Å². The van der Waals surface area contributed by atoms with Gasteiger partial charge in [0, 0.05) is 31.9 Å². The van der Waals surface area contributed by atoms with Crippen molar-refractivity contribution >= 4 is 35.2 Å². The Morgan fingerprint density at radius 1 is 0.889 bits per heavy atom. The first-order valence-corrected chi connectivity index (χ1v) is 11.8. The van der Waals surface area contributed by atoms with Crippen molar-refractivity contribution in [1.82, 2.24) is 29.8 Å². The van der Waals surface area contributed by atoms with E-state index in [1.807, 2.05) is 31.2 Å². The normalized spacial score (nSPS) is 16.8. The Balaban J connectivity index is 1.32. The molecule has 14 heteroatoms. The molecule has 0 radical (unpaired) electrons. The third-order valence-corrected chi connectivity index (χ3v) is 5.95. The van der Waals surface area contributed by atoms with Gasteiger partial charge in [0.1, 0.15) is 0 Å². The van der Waals surface area contributed by atoms with Gasteiger partial charge in [-0.2, -0.15) is 20.1 Å². The molecule has 2 aliphatic rings. The Labute approximate surface area is 208 Å². The van der Waals surface area contributed by atoms with Gasteiger partial charge in [-0.1, -0.05) is 12.1 Å². The number of aromatic nitrogens is 6. The fourth-order valence-corrected chi connectivity index (χ4v) is 3.79. The van der Waals surface area contributed by atoms with Gasteiger partial charge in [0.15, 0.2) is 5.82 Å². The first-order valence-electron chi connectivity index (χ1n) is 11.8. The lowest BCUT2D eigenvalue weighted by atomic mass is 10.1. The molecule has 0 bridgehead atoms. The van der Waals surface area contributed by atoms with Crippen molar-refractivity contribution in [1.29, 1.82) is 0 Å². The molecular formula is C22H30N12O2. The highest BCUT2D eigenvalue weighted by Gasteiger charge is 2.20. The number of nitrogen functional groups attached to an aromatic ring is 1. The molecule has 3 aromatic rings. The molecule has 4 heterocycles. The maximum atomic E-state index is 5.85. The molecule has 0 aliphatic carbocycles. The van der Waals surface area contributed by atoms with Crippen LogP contribution in [0, 0.1) is 6.92 Å². The molecule has 1 aromatic carbocycles. The van der Waals surface area contributed by atoms with E-state index in [9.17, 15) is 0 Å². The molecule has 0 amide bonds.